The molecule has 0 aliphatic carbocycles. The molecule has 2 aliphatic rings. The molecule has 0 bridgehead atoms. The number of hydrogen-bond acceptors (Lipinski definition) is 5. The van der Waals surface area contributed by atoms with Crippen LogP contribution in [0, 0.1) is 0 Å². The Labute approximate surface area is 166 Å². The summed E-state index contributed by atoms with van der Waals surface area (Å²) in [5.41, 5.74) is 0. The molecule has 7 nitrogen and oxygen atoms in total. The van der Waals surface area contributed by atoms with Gasteiger partial charge in [0.05, 0.1) is 17.6 Å². The Hall–Kier alpha value is -1.42. The SMILES string of the molecule is CCOc1ccc(S(=O)(=O)N2CCN(C(=S)NC[C@@H]3CCCO3)CC2)cc1. The molecule has 2 heterocycles. The Kier molecular flexibility index (Phi) is 6.91. The Bertz CT molecular complexity index is 725. The first-order valence-electron chi connectivity index (χ1n) is 9.38. The van der Waals surface area contributed by atoms with Crippen molar-refractivity contribution in [2.75, 3.05) is 45.9 Å². The van der Waals surface area contributed by atoms with Crippen molar-refractivity contribution in [2.24, 2.45) is 0 Å². The highest BCUT2D eigenvalue weighted by Crippen LogP contribution is 2.21. The van der Waals surface area contributed by atoms with Crippen LogP contribution in [0.25, 0.3) is 0 Å². The Morgan fingerprint density at radius 2 is 1.96 bits per heavy atom. The molecule has 0 unspecified atom stereocenters. The lowest BCUT2D eigenvalue weighted by molar-refractivity contribution is 0.113. The van der Waals surface area contributed by atoms with Gasteiger partial charge in [-0.15, -0.1) is 0 Å². The van der Waals surface area contributed by atoms with E-state index >= 15 is 0 Å². The van der Waals surface area contributed by atoms with E-state index in [4.69, 9.17) is 21.7 Å². The second-order valence-corrected chi connectivity index (χ2v) is 8.94. The van der Waals surface area contributed by atoms with Crippen LogP contribution in [0.4, 0.5) is 0 Å². The van der Waals surface area contributed by atoms with Gasteiger partial charge in [-0.1, -0.05) is 0 Å². The van der Waals surface area contributed by atoms with Crippen molar-refractivity contribution in [3.8, 4) is 5.75 Å². The summed E-state index contributed by atoms with van der Waals surface area (Å²) in [5, 5.41) is 3.92. The van der Waals surface area contributed by atoms with E-state index in [0.29, 0.717) is 55.1 Å². The Morgan fingerprint density at radius 1 is 1.26 bits per heavy atom. The molecular formula is C18H27N3O4S2. The van der Waals surface area contributed by atoms with Crippen molar-refractivity contribution in [1.29, 1.82) is 0 Å². The minimum Gasteiger partial charge on any atom is -0.494 e. The minimum absolute atomic E-state index is 0.226. The average Bonchev–Trinajstić information content (AvgIpc) is 3.20. The van der Waals surface area contributed by atoms with Gasteiger partial charge in [-0.05, 0) is 56.2 Å². The van der Waals surface area contributed by atoms with Crippen molar-refractivity contribution >= 4 is 27.4 Å². The average molecular weight is 414 g/mol. The van der Waals surface area contributed by atoms with Crippen LogP contribution in [0.5, 0.6) is 5.75 Å². The van der Waals surface area contributed by atoms with E-state index in [1.54, 1.807) is 24.3 Å². The monoisotopic (exact) mass is 413 g/mol. The van der Waals surface area contributed by atoms with Crippen LogP contribution < -0.4 is 10.1 Å². The normalized spacial score (nSPS) is 21.2. The molecule has 0 aromatic heterocycles. The third-order valence-electron chi connectivity index (χ3n) is 4.80. The summed E-state index contributed by atoms with van der Waals surface area (Å²) in [6.45, 7) is 5.96. The molecule has 2 aliphatic heterocycles. The van der Waals surface area contributed by atoms with Crippen LogP contribution in [0.15, 0.2) is 29.2 Å². The summed E-state index contributed by atoms with van der Waals surface area (Å²) in [6.07, 6.45) is 2.38. The van der Waals surface area contributed by atoms with E-state index in [0.717, 1.165) is 19.4 Å². The molecule has 0 saturated carbocycles. The highest BCUT2D eigenvalue weighted by molar-refractivity contribution is 7.89. The summed E-state index contributed by atoms with van der Waals surface area (Å²) in [4.78, 5) is 2.31. The number of piperazine rings is 1. The summed E-state index contributed by atoms with van der Waals surface area (Å²) in [6, 6.07) is 6.58. The van der Waals surface area contributed by atoms with Crippen LogP contribution in [0.3, 0.4) is 0 Å². The number of nitrogens with zero attached hydrogens (tertiary/aromatic N) is 2. The van der Waals surface area contributed by atoms with Gasteiger partial charge in [-0.3, -0.25) is 0 Å². The molecule has 0 amide bonds. The molecule has 1 aromatic rings. The van der Waals surface area contributed by atoms with Crippen LogP contribution in [0.1, 0.15) is 19.8 Å². The lowest BCUT2D eigenvalue weighted by Crippen LogP contribution is -2.53. The van der Waals surface area contributed by atoms with Gasteiger partial charge in [-0.2, -0.15) is 4.31 Å². The van der Waals surface area contributed by atoms with E-state index in [-0.39, 0.29) is 6.10 Å². The molecular weight excluding hydrogens is 386 g/mol. The largest absolute Gasteiger partial charge is 0.494 e. The van der Waals surface area contributed by atoms with Crippen molar-refractivity contribution in [1.82, 2.24) is 14.5 Å². The second kappa shape index (κ2) is 9.18. The number of ether oxygens (including phenoxy) is 2. The third kappa shape index (κ3) is 5.10. The van der Waals surface area contributed by atoms with E-state index in [1.165, 1.54) is 4.31 Å². The summed E-state index contributed by atoms with van der Waals surface area (Å²) in [5.74, 6) is 0.670. The van der Waals surface area contributed by atoms with Crippen molar-refractivity contribution in [3.05, 3.63) is 24.3 Å². The molecule has 150 valence electrons. The minimum atomic E-state index is -3.50. The lowest BCUT2D eigenvalue weighted by Gasteiger charge is -2.35. The van der Waals surface area contributed by atoms with Crippen LogP contribution in [0.2, 0.25) is 0 Å². The quantitative estimate of drug-likeness (QED) is 0.708. The molecule has 1 atom stereocenters. The summed E-state index contributed by atoms with van der Waals surface area (Å²) >= 11 is 5.45. The number of sulfonamides is 1. The molecule has 1 aromatic carbocycles. The zero-order valence-electron chi connectivity index (χ0n) is 15.6. The molecule has 3 rings (SSSR count). The zero-order chi connectivity index (χ0) is 19.3. The maximum atomic E-state index is 12.8. The van der Waals surface area contributed by atoms with E-state index in [1.807, 2.05) is 11.8 Å². The van der Waals surface area contributed by atoms with Crippen molar-refractivity contribution in [2.45, 2.75) is 30.8 Å². The number of rotatable bonds is 6. The predicted octanol–water partition coefficient (Wildman–Crippen LogP) is 1.45. The zero-order valence-corrected chi connectivity index (χ0v) is 17.2. The molecule has 9 heteroatoms. The maximum Gasteiger partial charge on any atom is 0.243 e. The van der Waals surface area contributed by atoms with E-state index in [2.05, 4.69) is 5.32 Å². The molecule has 1 N–H and O–H groups in total. The van der Waals surface area contributed by atoms with Gasteiger partial charge in [0.25, 0.3) is 0 Å². The molecule has 27 heavy (non-hydrogen) atoms. The second-order valence-electron chi connectivity index (χ2n) is 6.62. The summed E-state index contributed by atoms with van der Waals surface area (Å²) < 4.78 is 38.1. The van der Waals surface area contributed by atoms with Crippen LogP contribution >= 0.6 is 12.2 Å². The van der Waals surface area contributed by atoms with Gasteiger partial charge in [0, 0.05) is 39.3 Å². The smallest absolute Gasteiger partial charge is 0.243 e. The first-order valence-corrected chi connectivity index (χ1v) is 11.2. The van der Waals surface area contributed by atoms with Gasteiger partial charge in [0.15, 0.2) is 5.11 Å². The lowest BCUT2D eigenvalue weighted by atomic mass is 10.2. The molecule has 0 spiro atoms. The molecule has 2 fully saturated rings. The van der Waals surface area contributed by atoms with Gasteiger partial charge >= 0.3 is 0 Å². The number of nitrogens with one attached hydrogen (secondary N) is 1. The van der Waals surface area contributed by atoms with E-state index in [9.17, 15) is 8.42 Å². The van der Waals surface area contributed by atoms with Crippen molar-refractivity contribution in [3.63, 3.8) is 0 Å². The third-order valence-corrected chi connectivity index (χ3v) is 7.12. The Morgan fingerprint density at radius 3 is 2.56 bits per heavy atom. The fourth-order valence-corrected chi connectivity index (χ4v) is 4.96. The fraction of sp³-hybridized carbons (Fsp3) is 0.611. The fourth-order valence-electron chi connectivity index (χ4n) is 3.27. The Balaban J connectivity index is 1.51. The van der Waals surface area contributed by atoms with Gasteiger partial charge in [-0.25, -0.2) is 8.42 Å². The highest BCUT2D eigenvalue weighted by Gasteiger charge is 2.29. The number of thiocarbonyl (C=S) groups is 1. The predicted molar refractivity (Wildman–Crippen MR) is 108 cm³/mol. The van der Waals surface area contributed by atoms with Crippen molar-refractivity contribution < 1.29 is 17.9 Å². The molecule has 2 saturated heterocycles. The van der Waals surface area contributed by atoms with Crippen LogP contribution in [-0.2, 0) is 14.8 Å². The van der Waals surface area contributed by atoms with Gasteiger partial charge in [0.1, 0.15) is 5.75 Å². The summed E-state index contributed by atoms with van der Waals surface area (Å²) in [7, 11) is -3.50. The molecule has 0 radical (unpaired) electrons. The standard InChI is InChI=1S/C18H27N3O4S2/c1-2-24-15-5-7-17(8-6-15)27(22,23)21-11-9-20(10-12-21)18(26)19-14-16-4-3-13-25-16/h5-8,16H,2-4,9-14H2,1H3,(H,19,26)/t16-/m0/s1. The highest BCUT2D eigenvalue weighted by atomic mass is 32.2. The maximum absolute atomic E-state index is 12.8. The van der Waals surface area contributed by atoms with Crippen LogP contribution in [-0.4, -0.2) is 74.8 Å². The number of benzene rings is 1. The number of hydrogen-bond donors (Lipinski definition) is 1. The topological polar surface area (TPSA) is 71.1 Å². The first-order chi connectivity index (χ1) is 13.0. The van der Waals surface area contributed by atoms with E-state index < -0.39 is 10.0 Å². The van der Waals surface area contributed by atoms with Gasteiger partial charge in [0.2, 0.25) is 10.0 Å². The van der Waals surface area contributed by atoms with Gasteiger partial charge < -0.3 is 19.7 Å². The first kappa shape index (κ1) is 20.3.